The van der Waals surface area contributed by atoms with Crippen molar-refractivity contribution in [1.82, 2.24) is 4.90 Å². The van der Waals surface area contributed by atoms with E-state index in [4.69, 9.17) is 10.8 Å². The van der Waals surface area contributed by atoms with Gasteiger partial charge < -0.3 is 20.8 Å². The number of aliphatic carboxylic acids is 1. The predicted molar refractivity (Wildman–Crippen MR) is 78.9 cm³/mol. The average Bonchev–Trinajstić information content (AvgIpc) is 2.36. The lowest BCUT2D eigenvalue weighted by atomic mass is 10.0. The largest absolute Gasteiger partial charge is 0.508 e. The van der Waals surface area contributed by atoms with Crippen molar-refractivity contribution in [2.45, 2.75) is 38.8 Å². The topological polar surface area (TPSA) is 104 Å². The molecule has 0 heterocycles. The number of carboxylic acid groups (broad SMARTS) is 1. The summed E-state index contributed by atoms with van der Waals surface area (Å²) in [5.74, 6) is -1.34. The first-order valence-corrected chi connectivity index (χ1v) is 6.68. The van der Waals surface area contributed by atoms with Crippen LogP contribution in [0.3, 0.4) is 0 Å². The molecule has 0 aliphatic rings. The van der Waals surface area contributed by atoms with Gasteiger partial charge in [0, 0.05) is 5.54 Å². The standard InChI is InChI=1S/C15H22N2O4/c1-15(2,3)17(9-13(19)20)14(21)12(16)8-10-4-6-11(18)7-5-10/h4-7,12,18H,8-9,16H2,1-3H3,(H,19,20)/t12-/m1/s1. The normalized spacial score (nSPS) is 12.8. The zero-order valence-corrected chi connectivity index (χ0v) is 12.5. The third-order valence-corrected chi connectivity index (χ3v) is 3.08. The molecule has 21 heavy (non-hydrogen) atoms. The average molecular weight is 294 g/mol. The Bertz CT molecular complexity index is 505. The van der Waals surface area contributed by atoms with Crippen molar-refractivity contribution in [3.05, 3.63) is 29.8 Å². The quantitative estimate of drug-likeness (QED) is 0.751. The highest BCUT2D eigenvalue weighted by Gasteiger charge is 2.31. The van der Waals surface area contributed by atoms with Crippen LogP contribution in [0.2, 0.25) is 0 Å². The zero-order valence-electron chi connectivity index (χ0n) is 12.5. The van der Waals surface area contributed by atoms with Crippen molar-refractivity contribution in [2.75, 3.05) is 6.54 Å². The van der Waals surface area contributed by atoms with Gasteiger partial charge in [0.2, 0.25) is 5.91 Å². The highest BCUT2D eigenvalue weighted by Crippen LogP contribution is 2.16. The number of nitrogens with two attached hydrogens (primary N) is 1. The Hall–Kier alpha value is -2.08. The Kier molecular flexibility index (Phi) is 5.32. The zero-order chi connectivity index (χ0) is 16.2. The fourth-order valence-corrected chi connectivity index (χ4v) is 1.95. The predicted octanol–water partition coefficient (Wildman–Crippen LogP) is 0.974. The Balaban J connectivity index is 2.82. The molecule has 1 aromatic rings. The lowest BCUT2D eigenvalue weighted by Gasteiger charge is -2.36. The number of hydrogen-bond acceptors (Lipinski definition) is 4. The summed E-state index contributed by atoms with van der Waals surface area (Å²) in [7, 11) is 0. The van der Waals surface area contributed by atoms with Crippen LogP contribution in [0, 0.1) is 0 Å². The van der Waals surface area contributed by atoms with E-state index in [0.29, 0.717) is 0 Å². The number of aromatic hydroxyl groups is 1. The molecule has 1 atom stereocenters. The van der Waals surface area contributed by atoms with Gasteiger partial charge in [-0.05, 0) is 44.9 Å². The van der Waals surface area contributed by atoms with Gasteiger partial charge in [0.05, 0.1) is 6.04 Å². The van der Waals surface area contributed by atoms with Crippen LogP contribution >= 0.6 is 0 Å². The molecule has 0 aliphatic heterocycles. The Morgan fingerprint density at radius 3 is 2.19 bits per heavy atom. The molecule has 1 rings (SSSR count). The van der Waals surface area contributed by atoms with E-state index >= 15 is 0 Å². The Morgan fingerprint density at radius 1 is 1.24 bits per heavy atom. The summed E-state index contributed by atoms with van der Waals surface area (Å²) < 4.78 is 0. The number of carbonyl (C=O) groups excluding carboxylic acids is 1. The molecule has 0 unspecified atom stereocenters. The lowest BCUT2D eigenvalue weighted by molar-refractivity contribution is -0.148. The molecule has 0 bridgehead atoms. The van der Waals surface area contributed by atoms with E-state index < -0.39 is 23.5 Å². The summed E-state index contributed by atoms with van der Waals surface area (Å²) in [4.78, 5) is 24.6. The van der Waals surface area contributed by atoms with E-state index in [9.17, 15) is 14.7 Å². The van der Waals surface area contributed by atoms with Crippen molar-refractivity contribution in [2.24, 2.45) is 5.73 Å². The van der Waals surface area contributed by atoms with Crippen molar-refractivity contribution < 1.29 is 19.8 Å². The van der Waals surface area contributed by atoms with Crippen molar-refractivity contribution in [3.8, 4) is 5.75 Å². The Morgan fingerprint density at radius 2 is 1.76 bits per heavy atom. The maximum atomic E-state index is 12.4. The minimum atomic E-state index is -1.07. The van der Waals surface area contributed by atoms with Crippen molar-refractivity contribution >= 4 is 11.9 Å². The molecule has 4 N–H and O–H groups in total. The second-order valence-electron chi connectivity index (χ2n) is 5.97. The molecule has 0 aromatic heterocycles. The van der Waals surface area contributed by atoms with Gasteiger partial charge in [-0.25, -0.2) is 0 Å². The lowest BCUT2D eigenvalue weighted by Crippen LogP contribution is -2.54. The number of rotatable bonds is 5. The molecule has 6 nitrogen and oxygen atoms in total. The number of amides is 1. The van der Waals surface area contributed by atoms with Gasteiger partial charge in [-0.1, -0.05) is 12.1 Å². The van der Waals surface area contributed by atoms with Crippen LogP contribution < -0.4 is 5.73 Å². The van der Waals surface area contributed by atoms with Crippen LogP contribution in [0.1, 0.15) is 26.3 Å². The van der Waals surface area contributed by atoms with Crippen molar-refractivity contribution in [3.63, 3.8) is 0 Å². The number of benzene rings is 1. The third-order valence-electron chi connectivity index (χ3n) is 3.08. The maximum absolute atomic E-state index is 12.4. The van der Waals surface area contributed by atoms with E-state index in [2.05, 4.69) is 0 Å². The number of carbonyl (C=O) groups is 2. The van der Waals surface area contributed by atoms with Crippen LogP contribution in [0.25, 0.3) is 0 Å². The number of hydrogen-bond donors (Lipinski definition) is 3. The van der Waals surface area contributed by atoms with Crippen LogP contribution in [0.15, 0.2) is 24.3 Å². The van der Waals surface area contributed by atoms with E-state index in [1.807, 2.05) is 0 Å². The summed E-state index contributed by atoms with van der Waals surface area (Å²) in [5.41, 5.74) is 6.09. The molecule has 116 valence electrons. The van der Waals surface area contributed by atoms with Crippen LogP contribution in [0.4, 0.5) is 0 Å². The minimum Gasteiger partial charge on any atom is -0.508 e. The monoisotopic (exact) mass is 294 g/mol. The molecule has 0 radical (unpaired) electrons. The first-order chi connectivity index (χ1) is 9.61. The van der Waals surface area contributed by atoms with Gasteiger partial charge in [0.1, 0.15) is 12.3 Å². The fraction of sp³-hybridized carbons (Fsp3) is 0.467. The molecule has 0 saturated heterocycles. The molecule has 1 amide bonds. The summed E-state index contributed by atoms with van der Waals surface area (Å²) in [6, 6.07) is 5.58. The van der Waals surface area contributed by atoms with Crippen LogP contribution in [-0.2, 0) is 16.0 Å². The van der Waals surface area contributed by atoms with E-state index in [1.165, 1.54) is 17.0 Å². The molecule has 0 fully saturated rings. The van der Waals surface area contributed by atoms with Crippen molar-refractivity contribution in [1.29, 1.82) is 0 Å². The molecule has 0 aliphatic carbocycles. The molecular formula is C15H22N2O4. The second kappa shape index (κ2) is 6.58. The highest BCUT2D eigenvalue weighted by atomic mass is 16.4. The number of carboxylic acids is 1. The van der Waals surface area contributed by atoms with Gasteiger partial charge in [0.25, 0.3) is 0 Å². The first-order valence-electron chi connectivity index (χ1n) is 6.68. The molecule has 1 aromatic carbocycles. The van der Waals surface area contributed by atoms with Gasteiger partial charge in [0.15, 0.2) is 0 Å². The van der Waals surface area contributed by atoms with Gasteiger partial charge in [-0.15, -0.1) is 0 Å². The van der Waals surface area contributed by atoms with Crippen LogP contribution in [-0.4, -0.2) is 45.1 Å². The SMILES string of the molecule is CC(C)(C)N(CC(=O)O)C(=O)[C@H](N)Cc1ccc(O)cc1. The van der Waals surface area contributed by atoms with Crippen LogP contribution in [0.5, 0.6) is 5.75 Å². The molecule has 0 saturated carbocycles. The summed E-state index contributed by atoms with van der Waals surface area (Å²) in [5, 5.41) is 18.2. The number of phenols is 1. The fourth-order valence-electron chi connectivity index (χ4n) is 1.95. The third kappa shape index (κ3) is 5.07. The number of phenolic OH excluding ortho intramolecular Hbond substituents is 1. The maximum Gasteiger partial charge on any atom is 0.323 e. The number of nitrogens with zero attached hydrogens (tertiary/aromatic N) is 1. The first kappa shape index (κ1) is 17.0. The minimum absolute atomic E-state index is 0.140. The van der Waals surface area contributed by atoms with E-state index in [1.54, 1.807) is 32.9 Å². The summed E-state index contributed by atoms with van der Waals surface area (Å²) in [6.45, 7) is 4.91. The molecular weight excluding hydrogens is 272 g/mol. The highest BCUT2D eigenvalue weighted by molar-refractivity contribution is 5.86. The van der Waals surface area contributed by atoms with E-state index in [-0.39, 0.29) is 18.7 Å². The summed E-state index contributed by atoms with van der Waals surface area (Å²) in [6.07, 6.45) is 0.283. The van der Waals surface area contributed by atoms with Gasteiger partial charge in [-0.2, -0.15) is 0 Å². The smallest absolute Gasteiger partial charge is 0.323 e. The molecule has 6 heteroatoms. The summed E-state index contributed by atoms with van der Waals surface area (Å²) >= 11 is 0. The van der Waals surface area contributed by atoms with Gasteiger partial charge in [-0.3, -0.25) is 9.59 Å². The van der Waals surface area contributed by atoms with Gasteiger partial charge >= 0.3 is 5.97 Å². The second-order valence-corrected chi connectivity index (χ2v) is 5.97. The van der Waals surface area contributed by atoms with E-state index in [0.717, 1.165) is 5.56 Å². The Labute approximate surface area is 124 Å². The molecule has 0 spiro atoms.